The van der Waals surface area contributed by atoms with Gasteiger partial charge >= 0.3 is 5.97 Å². The van der Waals surface area contributed by atoms with Crippen LogP contribution >= 0.6 is 0 Å². The molecular weight excluding hydrogens is 244 g/mol. The molecule has 0 saturated heterocycles. The molecule has 1 amide bonds. The van der Waals surface area contributed by atoms with Gasteiger partial charge in [0.2, 0.25) is 0 Å². The lowest BCUT2D eigenvalue weighted by Crippen LogP contribution is -2.57. The first-order chi connectivity index (χ1) is 9.03. The van der Waals surface area contributed by atoms with E-state index in [1.807, 2.05) is 13.0 Å². The van der Waals surface area contributed by atoms with Crippen LogP contribution in [-0.2, 0) is 9.53 Å². The van der Waals surface area contributed by atoms with Gasteiger partial charge in [-0.2, -0.15) is 0 Å². The minimum Gasteiger partial charge on any atom is -0.465 e. The third kappa shape index (κ3) is 4.06. The minimum absolute atomic E-state index is 0.287. The molecule has 19 heavy (non-hydrogen) atoms. The highest BCUT2D eigenvalue weighted by atomic mass is 16.5. The van der Waals surface area contributed by atoms with Crippen molar-refractivity contribution in [2.75, 3.05) is 6.61 Å². The molecule has 1 aromatic rings. The number of ether oxygens (including phenoxy) is 1. The van der Waals surface area contributed by atoms with Gasteiger partial charge in [-0.25, -0.2) is 10.2 Å². The Morgan fingerprint density at radius 3 is 2.37 bits per heavy atom. The van der Waals surface area contributed by atoms with Gasteiger partial charge in [-0.05, 0) is 32.4 Å². The summed E-state index contributed by atoms with van der Waals surface area (Å²) in [6, 6.07) is 8.78. The van der Waals surface area contributed by atoms with E-state index in [1.165, 1.54) is 0 Å². The number of hydrogen-bond donors (Lipinski definition) is 2. The number of hydrogen-bond acceptors (Lipinski definition) is 4. The molecular formula is C14H20N2O3. The van der Waals surface area contributed by atoms with E-state index in [2.05, 4.69) is 10.9 Å². The van der Waals surface area contributed by atoms with Crippen LogP contribution in [0.1, 0.15) is 37.6 Å². The predicted molar refractivity (Wildman–Crippen MR) is 72.4 cm³/mol. The van der Waals surface area contributed by atoms with Crippen molar-refractivity contribution in [3.8, 4) is 0 Å². The molecule has 0 unspecified atom stereocenters. The smallest absolute Gasteiger partial charge is 0.327 e. The Morgan fingerprint density at radius 2 is 1.84 bits per heavy atom. The topological polar surface area (TPSA) is 67.4 Å². The SMILES string of the molecule is CCOC(=O)[C@@](C)(CC)NNC(=O)c1ccccc1. The molecule has 104 valence electrons. The molecule has 1 rings (SSSR count). The summed E-state index contributed by atoms with van der Waals surface area (Å²) < 4.78 is 4.98. The second kappa shape index (κ2) is 6.89. The van der Waals surface area contributed by atoms with E-state index in [9.17, 15) is 9.59 Å². The van der Waals surface area contributed by atoms with Gasteiger partial charge in [0.25, 0.3) is 5.91 Å². The standard InChI is InChI=1S/C14H20N2O3/c1-4-14(3,13(18)19-5-2)16-15-12(17)11-9-7-6-8-10-11/h6-10,16H,4-5H2,1-3H3,(H,15,17)/t14-/m1/s1. The highest BCUT2D eigenvalue weighted by molar-refractivity contribution is 5.94. The van der Waals surface area contributed by atoms with Crippen LogP contribution in [0.15, 0.2) is 30.3 Å². The predicted octanol–water partition coefficient (Wildman–Crippen LogP) is 1.65. The van der Waals surface area contributed by atoms with E-state index in [0.717, 1.165) is 0 Å². The maximum atomic E-state index is 11.9. The van der Waals surface area contributed by atoms with Crippen molar-refractivity contribution in [2.24, 2.45) is 0 Å². The molecule has 0 bridgehead atoms. The molecule has 1 aromatic carbocycles. The minimum atomic E-state index is -0.930. The van der Waals surface area contributed by atoms with Gasteiger partial charge in [0.1, 0.15) is 5.54 Å². The zero-order chi connectivity index (χ0) is 14.3. The van der Waals surface area contributed by atoms with Crippen molar-refractivity contribution in [3.05, 3.63) is 35.9 Å². The quantitative estimate of drug-likeness (QED) is 0.605. The Bertz CT molecular complexity index is 434. The zero-order valence-electron chi connectivity index (χ0n) is 11.5. The summed E-state index contributed by atoms with van der Waals surface area (Å²) in [5.41, 5.74) is 4.89. The lowest BCUT2D eigenvalue weighted by molar-refractivity contribution is -0.151. The van der Waals surface area contributed by atoms with Crippen LogP contribution in [0.25, 0.3) is 0 Å². The van der Waals surface area contributed by atoms with Crippen LogP contribution in [0.3, 0.4) is 0 Å². The molecule has 0 fully saturated rings. The molecule has 0 aliphatic heterocycles. The lowest BCUT2D eigenvalue weighted by Gasteiger charge is -2.27. The van der Waals surface area contributed by atoms with Crippen LogP contribution in [-0.4, -0.2) is 24.0 Å². The normalized spacial score (nSPS) is 13.4. The molecule has 0 spiro atoms. The van der Waals surface area contributed by atoms with E-state index in [1.54, 1.807) is 38.1 Å². The average Bonchev–Trinajstić information content (AvgIpc) is 2.45. The van der Waals surface area contributed by atoms with Gasteiger partial charge in [0.05, 0.1) is 6.61 Å². The second-order valence-corrected chi connectivity index (χ2v) is 4.35. The fraction of sp³-hybridized carbons (Fsp3) is 0.429. The molecule has 0 radical (unpaired) electrons. The number of nitrogens with one attached hydrogen (secondary N) is 2. The number of hydrazine groups is 1. The summed E-state index contributed by atoms with van der Waals surface area (Å²) in [4.78, 5) is 23.7. The van der Waals surface area contributed by atoms with E-state index >= 15 is 0 Å². The third-order valence-electron chi connectivity index (χ3n) is 2.92. The zero-order valence-corrected chi connectivity index (χ0v) is 11.5. The summed E-state index contributed by atoms with van der Waals surface area (Å²) in [7, 11) is 0. The summed E-state index contributed by atoms with van der Waals surface area (Å²) >= 11 is 0. The van der Waals surface area contributed by atoms with Gasteiger partial charge in [0.15, 0.2) is 0 Å². The Labute approximate surface area is 113 Å². The molecule has 1 atom stereocenters. The van der Waals surface area contributed by atoms with Crippen molar-refractivity contribution in [1.29, 1.82) is 0 Å². The number of benzene rings is 1. The Hall–Kier alpha value is -1.88. The van der Waals surface area contributed by atoms with Crippen LogP contribution in [0, 0.1) is 0 Å². The first-order valence-electron chi connectivity index (χ1n) is 6.33. The first kappa shape index (κ1) is 15.2. The van der Waals surface area contributed by atoms with Crippen molar-refractivity contribution in [2.45, 2.75) is 32.7 Å². The van der Waals surface area contributed by atoms with Crippen LogP contribution in [0.4, 0.5) is 0 Å². The molecule has 5 heteroatoms. The van der Waals surface area contributed by atoms with Gasteiger partial charge in [-0.1, -0.05) is 25.1 Å². The van der Waals surface area contributed by atoms with Crippen molar-refractivity contribution >= 4 is 11.9 Å². The van der Waals surface area contributed by atoms with E-state index in [-0.39, 0.29) is 11.9 Å². The largest absolute Gasteiger partial charge is 0.465 e. The Kier molecular flexibility index (Phi) is 5.51. The maximum Gasteiger partial charge on any atom is 0.327 e. The lowest BCUT2D eigenvalue weighted by atomic mass is 10.0. The van der Waals surface area contributed by atoms with Gasteiger partial charge < -0.3 is 4.74 Å². The fourth-order valence-corrected chi connectivity index (χ4v) is 1.43. The first-order valence-corrected chi connectivity index (χ1v) is 6.33. The van der Waals surface area contributed by atoms with Crippen molar-refractivity contribution < 1.29 is 14.3 Å². The molecule has 0 aliphatic rings. The van der Waals surface area contributed by atoms with E-state index < -0.39 is 5.54 Å². The number of rotatable bonds is 6. The third-order valence-corrected chi connectivity index (χ3v) is 2.92. The Morgan fingerprint density at radius 1 is 1.21 bits per heavy atom. The molecule has 0 heterocycles. The number of carbonyl (C=O) groups excluding carboxylic acids is 2. The summed E-state index contributed by atoms with van der Waals surface area (Å²) in [5, 5.41) is 0. The number of amides is 1. The van der Waals surface area contributed by atoms with Crippen LogP contribution in [0.2, 0.25) is 0 Å². The summed E-state index contributed by atoms with van der Waals surface area (Å²) in [5.74, 6) is -0.671. The summed E-state index contributed by atoms with van der Waals surface area (Å²) in [6.07, 6.45) is 0.501. The highest BCUT2D eigenvalue weighted by Crippen LogP contribution is 2.10. The van der Waals surface area contributed by atoms with Crippen LogP contribution < -0.4 is 10.9 Å². The fourth-order valence-electron chi connectivity index (χ4n) is 1.43. The number of carbonyl (C=O) groups is 2. The monoisotopic (exact) mass is 264 g/mol. The highest BCUT2D eigenvalue weighted by Gasteiger charge is 2.33. The molecule has 2 N–H and O–H groups in total. The molecule has 0 aromatic heterocycles. The van der Waals surface area contributed by atoms with Crippen molar-refractivity contribution in [1.82, 2.24) is 10.9 Å². The second-order valence-electron chi connectivity index (χ2n) is 4.35. The van der Waals surface area contributed by atoms with E-state index in [0.29, 0.717) is 18.6 Å². The van der Waals surface area contributed by atoms with Gasteiger partial charge in [-0.15, -0.1) is 0 Å². The molecule has 0 aliphatic carbocycles. The van der Waals surface area contributed by atoms with Crippen LogP contribution in [0.5, 0.6) is 0 Å². The molecule has 0 saturated carbocycles. The number of esters is 1. The average molecular weight is 264 g/mol. The van der Waals surface area contributed by atoms with Gasteiger partial charge in [-0.3, -0.25) is 10.2 Å². The molecule has 5 nitrogen and oxygen atoms in total. The Balaban J connectivity index is 2.63. The van der Waals surface area contributed by atoms with Crippen molar-refractivity contribution in [3.63, 3.8) is 0 Å². The van der Waals surface area contributed by atoms with E-state index in [4.69, 9.17) is 4.74 Å². The maximum absolute atomic E-state index is 11.9. The summed E-state index contributed by atoms with van der Waals surface area (Å²) in [6.45, 7) is 5.59. The van der Waals surface area contributed by atoms with Gasteiger partial charge in [0, 0.05) is 5.56 Å².